The first-order valence-electron chi connectivity index (χ1n) is 9.16. The molecule has 0 aliphatic carbocycles. The van der Waals surface area contributed by atoms with Crippen molar-refractivity contribution >= 4 is 33.3 Å². The minimum Gasteiger partial charge on any atom is -0.481 e. The average molecular weight is 424 g/mol. The molecule has 0 saturated carbocycles. The fourth-order valence-electron chi connectivity index (χ4n) is 3.09. The lowest BCUT2D eigenvalue weighted by Crippen LogP contribution is -2.26. The second kappa shape index (κ2) is 8.46. The van der Waals surface area contributed by atoms with Crippen molar-refractivity contribution in [3.63, 3.8) is 0 Å². The Hall–Kier alpha value is -3.53. The highest BCUT2D eigenvalue weighted by Gasteiger charge is 2.22. The SMILES string of the molecule is COc1cc(CN(C)C(=O)c2sc3ncnc(NCc4cocn4)c3c2C)ccn1. The molecule has 1 amide bonds. The van der Waals surface area contributed by atoms with Crippen LogP contribution in [0.2, 0.25) is 0 Å². The van der Waals surface area contributed by atoms with Crippen molar-refractivity contribution < 1.29 is 13.9 Å². The second-order valence-electron chi connectivity index (χ2n) is 6.66. The van der Waals surface area contributed by atoms with E-state index in [0.717, 1.165) is 27.0 Å². The normalized spacial score (nSPS) is 10.9. The summed E-state index contributed by atoms with van der Waals surface area (Å²) >= 11 is 1.36. The van der Waals surface area contributed by atoms with E-state index in [0.29, 0.717) is 29.7 Å². The van der Waals surface area contributed by atoms with E-state index >= 15 is 0 Å². The van der Waals surface area contributed by atoms with Gasteiger partial charge in [-0.1, -0.05) is 0 Å². The van der Waals surface area contributed by atoms with Crippen LogP contribution in [0.15, 0.2) is 41.7 Å². The number of ether oxygens (including phenoxy) is 1. The van der Waals surface area contributed by atoms with Gasteiger partial charge in [0.15, 0.2) is 6.39 Å². The quantitative estimate of drug-likeness (QED) is 0.482. The fourth-order valence-corrected chi connectivity index (χ4v) is 4.23. The number of methoxy groups -OCH3 is 1. The number of aromatic nitrogens is 4. The molecule has 0 aliphatic heterocycles. The summed E-state index contributed by atoms with van der Waals surface area (Å²) in [5, 5.41) is 4.09. The lowest BCUT2D eigenvalue weighted by atomic mass is 10.2. The summed E-state index contributed by atoms with van der Waals surface area (Å²) < 4.78 is 10.2. The van der Waals surface area contributed by atoms with E-state index in [1.807, 2.05) is 19.1 Å². The molecule has 0 saturated heterocycles. The Morgan fingerprint density at radius 3 is 2.93 bits per heavy atom. The van der Waals surface area contributed by atoms with Gasteiger partial charge in [-0.05, 0) is 24.1 Å². The number of hydrogen-bond acceptors (Lipinski definition) is 9. The molecule has 154 valence electrons. The van der Waals surface area contributed by atoms with Gasteiger partial charge in [0.05, 0.1) is 29.6 Å². The maximum absolute atomic E-state index is 13.1. The van der Waals surface area contributed by atoms with Crippen molar-refractivity contribution in [2.75, 3.05) is 19.5 Å². The summed E-state index contributed by atoms with van der Waals surface area (Å²) in [4.78, 5) is 33.1. The van der Waals surface area contributed by atoms with Crippen molar-refractivity contribution in [1.82, 2.24) is 24.8 Å². The third kappa shape index (κ3) is 3.94. The average Bonchev–Trinajstić information content (AvgIpc) is 3.40. The minimum atomic E-state index is -0.0752. The Morgan fingerprint density at radius 1 is 1.30 bits per heavy atom. The number of nitrogens with zero attached hydrogens (tertiary/aromatic N) is 5. The van der Waals surface area contributed by atoms with Gasteiger partial charge in [0, 0.05) is 25.9 Å². The number of carbonyl (C=O) groups excluding carboxylic acids is 1. The molecule has 0 bridgehead atoms. The summed E-state index contributed by atoms with van der Waals surface area (Å²) in [6.07, 6.45) is 6.11. The molecule has 1 N–H and O–H groups in total. The van der Waals surface area contributed by atoms with Crippen molar-refractivity contribution in [1.29, 1.82) is 0 Å². The Labute approximate surface area is 176 Å². The Bertz CT molecular complexity index is 1170. The number of nitrogens with one attached hydrogen (secondary N) is 1. The van der Waals surface area contributed by atoms with Gasteiger partial charge in [-0.15, -0.1) is 11.3 Å². The smallest absolute Gasteiger partial charge is 0.264 e. The molecule has 0 spiro atoms. The maximum atomic E-state index is 13.1. The highest BCUT2D eigenvalue weighted by molar-refractivity contribution is 7.20. The highest BCUT2D eigenvalue weighted by Crippen LogP contribution is 2.34. The summed E-state index contributed by atoms with van der Waals surface area (Å²) in [6.45, 7) is 2.82. The van der Waals surface area contributed by atoms with Crippen LogP contribution in [0.5, 0.6) is 5.88 Å². The number of hydrogen-bond donors (Lipinski definition) is 1. The summed E-state index contributed by atoms with van der Waals surface area (Å²) in [6, 6.07) is 3.68. The zero-order valence-corrected chi connectivity index (χ0v) is 17.6. The van der Waals surface area contributed by atoms with Crippen LogP contribution in [-0.4, -0.2) is 44.9 Å². The van der Waals surface area contributed by atoms with E-state index in [1.165, 1.54) is 24.1 Å². The highest BCUT2D eigenvalue weighted by atomic mass is 32.1. The Balaban J connectivity index is 1.58. The third-order valence-corrected chi connectivity index (χ3v) is 5.80. The molecule has 9 nitrogen and oxygen atoms in total. The third-order valence-electron chi connectivity index (χ3n) is 4.62. The van der Waals surface area contributed by atoms with Crippen molar-refractivity contribution in [2.45, 2.75) is 20.0 Å². The van der Waals surface area contributed by atoms with Crippen molar-refractivity contribution in [2.24, 2.45) is 0 Å². The number of rotatable bonds is 7. The summed E-state index contributed by atoms with van der Waals surface area (Å²) in [5.74, 6) is 1.11. The number of pyridine rings is 1. The number of anilines is 1. The van der Waals surface area contributed by atoms with Gasteiger partial charge >= 0.3 is 0 Å². The predicted octanol–water partition coefficient (Wildman–Crippen LogP) is 3.28. The van der Waals surface area contributed by atoms with E-state index in [-0.39, 0.29) is 5.91 Å². The van der Waals surface area contributed by atoms with Crippen LogP contribution in [0.3, 0.4) is 0 Å². The molecule has 4 aromatic rings. The zero-order chi connectivity index (χ0) is 21.1. The largest absolute Gasteiger partial charge is 0.481 e. The molecule has 0 radical (unpaired) electrons. The minimum absolute atomic E-state index is 0.0752. The molecule has 0 unspecified atom stereocenters. The molecule has 10 heteroatoms. The van der Waals surface area contributed by atoms with E-state index < -0.39 is 0 Å². The molecular weight excluding hydrogens is 404 g/mol. The number of thiophene rings is 1. The first-order valence-corrected chi connectivity index (χ1v) is 9.98. The van der Waals surface area contributed by atoms with Crippen LogP contribution in [0.4, 0.5) is 5.82 Å². The van der Waals surface area contributed by atoms with E-state index in [2.05, 4.69) is 25.3 Å². The number of oxazole rings is 1. The van der Waals surface area contributed by atoms with Gasteiger partial charge in [0.2, 0.25) is 5.88 Å². The molecule has 0 aliphatic rings. The Kier molecular flexibility index (Phi) is 5.57. The first kappa shape index (κ1) is 19.8. The van der Waals surface area contributed by atoms with Crippen LogP contribution in [0.1, 0.15) is 26.5 Å². The second-order valence-corrected chi connectivity index (χ2v) is 7.66. The lowest BCUT2D eigenvalue weighted by molar-refractivity contribution is 0.0789. The monoisotopic (exact) mass is 424 g/mol. The first-order chi connectivity index (χ1) is 14.6. The summed E-state index contributed by atoms with van der Waals surface area (Å²) in [7, 11) is 3.34. The van der Waals surface area contributed by atoms with E-state index in [1.54, 1.807) is 31.5 Å². The Morgan fingerprint density at radius 2 is 2.17 bits per heavy atom. The van der Waals surface area contributed by atoms with Crippen LogP contribution in [0.25, 0.3) is 10.2 Å². The molecule has 4 aromatic heterocycles. The molecule has 30 heavy (non-hydrogen) atoms. The number of fused-ring (bicyclic) bond motifs is 1. The van der Waals surface area contributed by atoms with Crippen molar-refractivity contribution in [3.8, 4) is 5.88 Å². The zero-order valence-electron chi connectivity index (χ0n) is 16.7. The molecular formula is C20H20N6O3S. The van der Waals surface area contributed by atoms with Crippen LogP contribution in [0, 0.1) is 6.92 Å². The molecule has 0 atom stereocenters. The van der Waals surface area contributed by atoms with Gasteiger partial charge in [0.1, 0.15) is 23.2 Å². The van der Waals surface area contributed by atoms with Gasteiger partial charge in [0.25, 0.3) is 5.91 Å². The maximum Gasteiger partial charge on any atom is 0.264 e. The predicted molar refractivity (Wildman–Crippen MR) is 113 cm³/mol. The van der Waals surface area contributed by atoms with E-state index in [4.69, 9.17) is 9.15 Å². The lowest BCUT2D eigenvalue weighted by Gasteiger charge is -2.17. The summed E-state index contributed by atoms with van der Waals surface area (Å²) in [5.41, 5.74) is 2.55. The van der Waals surface area contributed by atoms with Gasteiger partial charge in [-0.2, -0.15) is 0 Å². The van der Waals surface area contributed by atoms with Gasteiger partial charge < -0.3 is 19.4 Å². The number of aryl methyl sites for hydroxylation is 1. The number of amides is 1. The molecule has 0 fully saturated rings. The molecule has 4 heterocycles. The van der Waals surface area contributed by atoms with E-state index in [9.17, 15) is 4.79 Å². The standard InChI is InChI=1S/C20H20N6O3S/c1-12-16-18(22-7-14-9-29-11-25-14)23-10-24-19(16)30-17(12)20(27)26(2)8-13-4-5-21-15(6-13)28-3/h4-6,9-11H,7-8H2,1-3H3,(H,22,23,24). The molecule has 4 rings (SSSR count). The van der Waals surface area contributed by atoms with Crippen molar-refractivity contribution in [3.05, 3.63) is 59.0 Å². The van der Waals surface area contributed by atoms with Crippen LogP contribution in [-0.2, 0) is 13.1 Å². The van der Waals surface area contributed by atoms with Gasteiger partial charge in [-0.3, -0.25) is 4.79 Å². The molecule has 0 aromatic carbocycles. The number of carbonyl (C=O) groups is 1. The topological polar surface area (TPSA) is 106 Å². The van der Waals surface area contributed by atoms with Gasteiger partial charge in [-0.25, -0.2) is 19.9 Å². The van der Waals surface area contributed by atoms with Crippen LogP contribution >= 0.6 is 11.3 Å². The van der Waals surface area contributed by atoms with Crippen LogP contribution < -0.4 is 10.1 Å². The fraction of sp³-hybridized carbons (Fsp3) is 0.250.